The minimum atomic E-state index is -0.0873. The van der Waals surface area contributed by atoms with Gasteiger partial charge in [0.1, 0.15) is 5.82 Å². The third kappa shape index (κ3) is 3.56. The SMILES string of the molecule is C[C@@H](N)c1cccnc1N(CCO)Cc1ccccc1. The summed E-state index contributed by atoms with van der Waals surface area (Å²) in [5.74, 6) is 0.848. The highest BCUT2D eigenvalue weighted by Gasteiger charge is 2.14. The van der Waals surface area contributed by atoms with E-state index in [0.717, 1.165) is 11.4 Å². The number of aliphatic hydroxyl groups excluding tert-OH is 1. The largest absolute Gasteiger partial charge is 0.395 e. The van der Waals surface area contributed by atoms with E-state index < -0.39 is 0 Å². The number of nitrogens with zero attached hydrogens (tertiary/aromatic N) is 2. The number of hydrogen-bond acceptors (Lipinski definition) is 4. The minimum absolute atomic E-state index is 0.0851. The summed E-state index contributed by atoms with van der Waals surface area (Å²) in [5.41, 5.74) is 8.19. The maximum atomic E-state index is 9.30. The molecule has 4 nitrogen and oxygen atoms in total. The van der Waals surface area contributed by atoms with Crippen molar-refractivity contribution in [3.63, 3.8) is 0 Å². The van der Waals surface area contributed by atoms with Gasteiger partial charge in [0.05, 0.1) is 6.61 Å². The lowest BCUT2D eigenvalue weighted by molar-refractivity contribution is 0.301. The van der Waals surface area contributed by atoms with Crippen LogP contribution < -0.4 is 10.6 Å². The van der Waals surface area contributed by atoms with Gasteiger partial charge >= 0.3 is 0 Å². The topological polar surface area (TPSA) is 62.4 Å². The van der Waals surface area contributed by atoms with Crippen molar-refractivity contribution in [3.8, 4) is 0 Å². The summed E-state index contributed by atoms with van der Waals surface area (Å²) in [4.78, 5) is 6.51. The van der Waals surface area contributed by atoms with Crippen LogP contribution in [0.3, 0.4) is 0 Å². The van der Waals surface area contributed by atoms with Gasteiger partial charge in [0, 0.05) is 30.9 Å². The van der Waals surface area contributed by atoms with Crippen LogP contribution in [0.15, 0.2) is 48.7 Å². The maximum Gasteiger partial charge on any atom is 0.133 e. The first-order chi connectivity index (χ1) is 9.72. The summed E-state index contributed by atoms with van der Waals surface area (Å²) in [6.45, 7) is 3.27. The Labute approximate surface area is 119 Å². The number of nitrogens with two attached hydrogens (primary N) is 1. The molecule has 0 bridgehead atoms. The zero-order valence-electron chi connectivity index (χ0n) is 11.7. The van der Waals surface area contributed by atoms with E-state index in [1.54, 1.807) is 6.20 Å². The second-order valence-electron chi connectivity index (χ2n) is 4.84. The molecule has 0 aliphatic heterocycles. The van der Waals surface area contributed by atoms with Gasteiger partial charge in [0.2, 0.25) is 0 Å². The molecule has 0 amide bonds. The van der Waals surface area contributed by atoms with Crippen LogP contribution >= 0.6 is 0 Å². The third-order valence-electron chi connectivity index (χ3n) is 3.19. The highest BCUT2D eigenvalue weighted by atomic mass is 16.3. The lowest BCUT2D eigenvalue weighted by atomic mass is 10.1. The van der Waals surface area contributed by atoms with Gasteiger partial charge in [-0.05, 0) is 18.6 Å². The van der Waals surface area contributed by atoms with E-state index in [0.29, 0.717) is 13.1 Å². The van der Waals surface area contributed by atoms with Gasteiger partial charge in [-0.2, -0.15) is 0 Å². The number of anilines is 1. The lowest BCUT2D eigenvalue weighted by Crippen LogP contribution is -2.29. The second kappa shape index (κ2) is 7.03. The second-order valence-corrected chi connectivity index (χ2v) is 4.84. The van der Waals surface area contributed by atoms with Gasteiger partial charge in [-0.15, -0.1) is 0 Å². The number of pyridine rings is 1. The maximum absolute atomic E-state index is 9.30. The quantitative estimate of drug-likeness (QED) is 0.844. The van der Waals surface area contributed by atoms with E-state index in [9.17, 15) is 5.11 Å². The van der Waals surface area contributed by atoms with E-state index in [1.165, 1.54) is 5.56 Å². The van der Waals surface area contributed by atoms with Crippen LogP contribution in [0.25, 0.3) is 0 Å². The average Bonchev–Trinajstić information content (AvgIpc) is 2.48. The monoisotopic (exact) mass is 271 g/mol. The first kappa shape index (κ1) is 14.5. The molecule has 1 aromatic heterocycles. The lowest BCUT2D eigenvalue weighted by Gasteiger charge is -2.26. The van der Waals surface area contributed by atoms with Crippen molar-refractivity contribution >= 4 is 5.82 Å². The Hall–Kier alpha value is -1.91. The van der Waals surface area contributed by atoms with Gasteiger partial charge in [0.25, 0.3) is 0 Å². The molecule has 0 radical (unpaired) electrons. The van der Waals surface area contributed by atoms with E-state index in [1.807, 2.05) is 37.3 Å². The van der Waals surface area contributed by atoms with Crippen molar-refractivity contribution < 1.29 is 5.11 Å². The molecule has 0 aliphatic carbocycles. The predicted molar refractivity (Wildman–Crippen MR) is 81.4 cm³/mol. The third-order valence-corrected chi connectivity index (χ3v) is 3.19. The van der Waals surface area contributed by atoms with Crippen molar-refractivity contribution in [2.75, 3.05) is 18.1 Å². The number of aromatic nitrogens is 1. The molecule has 0 aliphatic rings. The molecule has 0 saturated carbocycles. The van der Waals surface area contributed by atoms with Crippen LogP contribution in [-0.4, -0.2) is 23.2 Å². The standard InChI is InChI=1S/C16H21N3O/c1-13(17)15-8-5-9-18-16(15)19(10-11-20)12-14-6-3-2-4-7-14/h2-9,13,20H,10-12,17H2,1H3/t13-/m1/s1. The van der Waals surface area contributed by atoms with Crippen molar-refractivity contribution in [1.82, 2.24) is 4.98 Å². The van der Waals surface area contributed by atoms with Crippen molar-refractivity contribution in [2.45, 2.75) is 19.5 Å². The molecular weight excluding hydrogens is 250 g/mol. The summed E-state index contributed by atoms with van der Waals surface area (Å²) < 4.78 is 0. The Morgan fingerprint density at radius 3 is 2.60 bits per heavy atom. The summed E-state index contributed by atoms with van der Waals surface area (Å²) in [6, 6.07) is 13.9. The summed E-state index contributed by atoms with van der Waals surface area (Å²) in [6.07, 6.45) is 1.76. The number of hydrogen-bond donors (Lipinski definition) is 2. The molecule has 2 aromatic rings. The summed E-state index contributed by atoms with van der Waals surface area (Å²) in [7, 11) is 0. The van der Waals surface area contributed by atoms with Gasteiger partial charge < -0.3 is 15.7 Å². The fraction of sp³-hybridized carbons (Fsp3) is 0.312. The van der Waals surface area contributed by atoms with Crippen molar-refractivity contribution in [3.05, 3.63) is 59.8 Å². The number of rotatable bonds is 6. The Morgan fingerprint density at radius 2 is 1.95 bits per heavy atom. The van der Waals surface area contributed by atoms with E-state index in [4.69, 9.17) is 5.73 Å². The zero-order chi connectivity index (χ0) is 14.4. The highest BCUT2D eigenvalue weighted by Crippen LogP contribution is 2.23. The van der Waals surface area contributed by atoms with Crippen molar-refractivity contribution in [1.29, 1.82) is 0 Å². The minimum Gasteiger partial charge on any atom is -0.395 e. The van der Waals surface area contributed by atoms with Gasteiger partial charge in [-0.25, -0.2) is 4.98 Å². The summed E-state index contributed by atoms with van der Waals surface area (Å²) in [5, 5.41) is 9.30. The van der Waals surface area contributed by atoms with Crippen LogP contribution in [0.4, 0.5) is 5.82 Å². The number of aliphatic hydroxyl groups is 1. The van der Waals surface area contributed by atoms with E-state index in [-0.39, 0.29) is 12.6 Å². The highest BCUT2D eigenvalue weighted by molar-refractivity contribution is 5.48. The molecule has 1 aromatic carbocycles. The van der Waals surface area contributed by atoms with Crippen molar-refractivity contribution in [2.24, 2.45) is 5.73 Å². The van der Waals surface area contributed by atoms with Crippen LogP contribution in [0.5, 0.6) is 0 Å². The summed E-state index contributed by atoms with van der Waals surface area (Å²) >= 11 is 0. The van der Waals surface area contributed by atoms with Crippen LogP contribution in [-0.2, 0) is 6.54 Å². The molecule has 1 atom stereocenters. The molecule has 3 N–H and O–H groups in total. The molecule has 0 spiro atoms. The molecule has 4 heteroatoms. The predicted octanol–water partition coefficient (Wildman–Crippen LogP) is 2.10. The van der Waals surface area contributed by atoms with Crippen LogP contribution in [0, 0.1) is 0 Å². The smallest absolute Gasteiger partial charge is 0.133 e. The molecular formula is C16H21N3O. The Bertz CT molecular complexity index is 528. The molecule has 20 heavy (non-hydrogen) atoms. The Morgan fingerprint density at radius 1 is 1.20 bits per heavy atom. The first-order valence-electron chi connectivity index (χ1n) is 6.82. The average molecular weight is 271 g/mol. The van der Waals surface area contributed by atoms with Crippen LogP contribution in [0.2, 0.25) is 0 Å². The van der Waals surface area contributed by atoms with Gasteiger partial charge in [-0.1, -0.05) is 36.4 Å². The van der Waals surface area contributed by atoms with Gasteiger partial charge in [-0.3, -0.25) is 0 Å². The van der Waals surface area contributed by atoms with E-state index >= 15 is 0 Å². The normalized spacial score (nSPS) is 12.2. The molecule has 106 valence electrons. The van der Waals surface area contributed by atoms with Crippen LogP contribution in [0.1, 0.15) is 24.1 Å². The molecule has 2 rings (SSSR count). The Kier molecular flexibility index (Phi) is 5.09. The Balaban J connectivity index is 2.29. The molecule has 0 unspecified atom stereocenters. The zero-order valence-corrected chi connectivity index (χ0v) is 11.7. The number of benzene rings is 1. The fourth-order valence-corrected chi connectivity index (χ4v) is 2.21. The molecule has 0 fully saturated rings. The van der Waals surface area contributed by atoms with Gasteiger partial charge in [0.15, 0.2) is 0 Å². The fourth-order valence-electron chi connectivity index (χ4n) is 2.21. The van der Waals surface area contributed by atoms with E-state index in [2.05, 4.69) is 22.0 Å². The molecule has 0 saturated heterocycles. The molecule has 1 heterocycles. The first-order valence-corrected chi connectivity index (χ1v) is 6.82.